The molecule has 2 N–H and O–H groups in total. The summed E-state index contributed by atoms with van der Waals surface area (Å²) in [5.74, 6) is -0.566. The second kappa shape index (κ2) is 4.81. The third kappa shape index (κ3) is 10.2. The fourth-order valence-corrected chi connectivity index (χ4v) is 0.792. The molecule has 0 saturated heterocycles. The molecule has 0 fully saturated rings. The lowest BCUT2D eigenvalue weighted by molar-refractivity contribution is -0.229. The van der Waals surface area contributed by atoms with Crippen molar-refractivity contribution in [1.82, 2.24) is 0 Å². The van der Waals surface area contributed by atoms with E-state index in [4.69, 9.17) is 15.2 Å². The van der Waals surface area contributed by atoms with Crippen molar-refractivity contribution in [1.29, 1.82) is 0 Å². The van der Waals surface area contributed by atoms with Gasteiger partial charge in [-0.15, -0.1) is 0 Å². The minimum absolute atomic E-state index is 0.152. The minimum Gasteiger partial charge on any atom is -0.350 e. The summed E-state index contributed by atoms with van der Waals surface area (Å²) in [5, 5.41) is 0. The molecule has 92 valence electrons. The van der Waals surface area contributed by atoms with Crippen LogP contribution in [0.3, 0.4) is 0 Å². The fraction of sp³-hybridized carbons (Fsp3) is 1.00. The molecule has 0 aromatic heterocycles. The van der Waals surface area contributed by atoms with Crippen molar-refractivity contribution in [2.45, 2.75) is 59.8 Å². The number of hydrogen-bond donors (Lipinski definition) is 1. The van der Waals surface area contributed by atoms with Gasteiger partial charge in [0.2, 0.25) is 0 Å². The lowest BCUT2D eigenvalue weighted by atomic mass is 9.98. The van der Waals surface area contributed by atoms with Gasteiger partial charge in [-0.25, -0.2) is 0 Å². The Morgan fingerprint density at radius 2 is 1.20 bits per heavy atom. The molecule has 0 bridgehead atoms. The van der Waals surface area contributed by atoms with Gasteiger partial charge in [-0.2, -0.15) is 0 Å². The third-order valence-corrected chi connectivity index (χ3v) is 1.64. The summed E-state index contributed by atoms with van der Waals surface area (Å²) in [6.07, 6.45) is 0. The molecule has 0 unspecified atom stereocenters. The zero-order valence-corrected chi connectivity index (χ0v) is 11.3. The lowest BCUT2D eigenvalue weighted by Gasteiger charge is -2.32. The van der Waals surface area contributed by atoms with Crippen molar-refractivity contribution in [3.05, 3.63) is 0 Å². The van der Waals surface area contributed by atoms with Gasteiger partial charge in [0.1, 0.15) is 0 Å². The highest BCUT2D eigenvalue weighted by atomic mass is 16.7. The maximum Gasteiger partial charge on any atom is 0.162 e. The summed E-state index contributed by atoms with van der Waals surface area (Å²) < 4.78 is 11.4. The lowest BCUT2D eigenvalue weighted by Crippen LogP contribution is -2.42. The van der Waals surface area contributed by atoms with Crippen LogP contribution < -0.4 is 5.73 Å². The number of rotatable bonds is 5. The molecular formula is C12H27NO2. The Balaban J connectivity index is 3.98. The SMILES string of the molecule is CC(C)(C)COC(C)(C)OCC(C)(C)N. The third-order valence-electron chi connectivity index (χ3n) is 1.64. The van der Waals surface area contributed by atoms with E-state index < -0.39 is 5.79 Å². The number of ether oxygens (including phenoxy) is 2. The summed E-state index contributed by atoms with van der Waals surface area (Å²) >= 11 is 0. The molecule has 0 aromatic carbocycles. The Morgan fingerprint density at radius 1 is 0.800 bits per heavy atom. The van der Waals surface area contributed by atoms with Crippen LogP contribution in [0, 0.1) is 5.41 Å². The molecule has 0 saturated carbocycles. The van der Waals surface area contributed by atoms with Gasteiger partial charge < -0.3 is 15.2 Å². The average Bonchev–Trinajstić information content (AvgIpc) is 1.96. The van der Waals surface area contributed by atoms with E-state index in [1.807, 2.05) is 27.7 Å². The van der Waals surface area contributed by atoms with Crippen LogP contribution in [0.5, 0.6) is 0 Å². The Kier molecular flexibility index (Phi) is 4.77. The van der Waals surface area contributed by atoms with E-state index in [0.29, 0.717) is 13.2 Å². The van der Waals surface area contributed by atoms with E-state index in [0.717, 1.165) is 0 Å². The Bertz CT molecular complexity index is 167. The van der Waals surface area contributed by atoms with Gasteiger partial charge in [0, 0.05) is 5.54 Å². The molecule has 3 heteroatoms. The second-order valence-electron chi connectivity index (χ2n) is 6.53. The Morgan fingerprint density at radius 3 is 1.53 bits per heavy atom. The van der Waals surface area contributed by atoms with Crippen LogP contribution in [0.1, 0.15) is 48.5 Å². The van der Waals surface area contributed by atoms with E-state index >= 15 is 0 Å². The van der Waals surface area contributed by atoms with Crippen molar-refractivity contribution < 1.29 is 9.47 Å². The Hall–Kier alpha value is -0.120. The zero-order valence-electron chi connectivity index (χ0n) is 11.3. The van der Waals surface area contributed by atoms with Gasteiger partial charge in [-0.1, -0.05) is 20.8 Å². The summed E-state index contributed by atoms with van der Waals surface area (Å²) in [4.78, 5) is 0. The second-order valence-corrected chi connectivity index (χ2v) is 6.53. The highest BCUT2D eigenvalue weighted by Gasteiger charge is 2.25. The molecule has 15 heavy (non-hydrogen) atoms. The summed E-state index contributed by atoms with van der Waals surface area (Å²) in [7, 11) is 0. The van der Waals surface area contributed by atoms with Gasteiger partial charge in [0.25, 0.3) is 0 Å². The maximum atomic E-state index is 5.84. The standard InChI is InChI=1S/C12H27NO2/c1-10(2,3)8-14-12(6,7)15-9-11(4,5)13/h8-9,13H2,1-7H3. The van der Waals surface area contributed by atoms with Crippen LogP contribution >= 0.6 is 0 Å². The van der Waals surface area contributed by atoms with Crippen LogP contribution in [0.25, 0.3) is 0 Å². The van der Waals surface area contributed by atoms with E-state index in [2.05, 4.69) is 20.8 Å². The highest BCUT2D eigenvalue weighted by molar-refractivity contribution is 4.72. The largest absolute Gasteiger partial charge is 0.350 e. The van der Waals surface area contributed by atoms with Gasteiger partial charge in [-0.05, 0) is 33.1 Å². The molecule has 0 atom stereocenters. The molecule has 0 amide bonds. The molecule has 0 spiro atoms. The highest BCUT2D eigenvalue weighted by Crippen LogP contribution is 2.20. The maximum absolute atomic E-state index is 5.84. The topological polar surface area (TPSA) is 44.5 Å². The van der Waals surface area contributed by atoms with Crippen LogP contribution in [-0.4, -0.2) is 24.5 Å². The molecule has 0 aliphatic rings. The molecular weight excluding hydrogens is 190 g/mol. The van der Waals surface area contributed by atoms with Crippen LogP contribution in [-0.2, 0) is 9.47 Å². The summed E-state index contributed by atoms with van der Waals surface area (Å²) in [6.45, 7) is 15.3. The first-order valence-corrected chi connectivity index (χ1v) is 5.48. The predicted molar refractivity (Wildman–Crippen MR) is 63.7 cm³/mol. The van der Waals surface area contributed by atoms with Gasteiger partial charge in [-0.3, -0.25) is 0 Å². The van der Waals surface area contributed by atoms with E-state index in [1.165, 1.54) is 0 Å². The summed E-state index contributed by atoms with van der Waals surface area (Å²) in [5.41, 5.74) is 5.68. The van der Waals surface area contributed by atoms with Crippen molar-refractivity contribution in [3.63, 3.8) is 0 Å². The Labute approximate surface area is 94.3 Å². The molecule has 0 aromatic rings. The molecule has 0 aliphatic carbocycles. The minimum atomic E-state index is -0.566. The van der Waals surface area contributed by atoms with Crippen molar-refractivity contribution in [2.24, 2.45) is 11.1 Å². The number of nitrogens with two attached hydrogens (primary N) is 1. The molecule has 0 rings (SSSR count). The first-order valence-electron chi connectivity index (χ1n) is 5.48. The van der Waals surface area contributed by atoms with E-state index in [1.54, 1.807) is 0 Å². The van der Waals surface area contributed by atoms with Crippen LogP contribution in [0.2, 0.25) is 0 Å². The quantitative estimate of drug-likeness (QED) is 0.720. The molecule has 3 nitrogen and oxygen atoms in total. The predicted octanol–water partition coefficient (Wildman–Crippen LogP) is 2.54. The first-order chi connectivity index (χ1) is 6.41. The normalized spacial score (nSPS) is 14.4. The van der Waals surface area contributed by atoms with Crippen LogP contribution in [0.4, 0.5) is 0 Å². The van der Waals surface area contributed by atoms with Crippen molar-refractivity contribution in [2.75, 3.05) is 13.2 Å². The monoisotopic (exact) mass is 217 g/mol. The van der Waals surface area contributed by atoms with E-state index in [9.17, 15) is 0 Å². The van der Waals surface area contributed by atoms with Gasteiger partial charge in [0.05, 0.1) is 13.2 Å². The fourth-order valence-electron chi connectivity index (χ4n) is 0.792. The van der Waals surface area contributed by atoms with Crippen molar-refractivity contribution in [3.8, 4) is 0 Å². The first kappa shape index (κ1) is 14.9. The molecule has 0 heterocycles. The molecule has 0 radical (unpaired) electrons. The number of hydrogen-bond acceptors (Lipinski definition) is 3. The summed E-state index contributed by atoms with van der Waals surface area (Å²) in [6, 6.07) is 0. The smallest absolute Gasteiger partial charge is 0.162 e. The average molecular weight is 217 g/mol. The molecule has 0 aliphatic heterocycles. The van der Waals surface area contributed by atoms with E-state index in [-0.39, 0.29) is 11.0 Å². The zero-order chi connectivity index (χ0) is 12.3. The van der Waals surface area contributed by atoms with Gasteiger partial charge in [0.15, 0.2) is 5.79 Å². The van der Waals surface area contributed by atoms with Crippen LogP contribution in [0.15, 0.2) is 0 Å². The van der Waals surface area contributed by atoms with Crippen molar-refractivity contribution >= 4 is 0 Å². The van der Waals surface area contributed by atoms with Gasteiger partial charge >= 0.3 is 0 Å².